The second-order valence-electron chi connectivity index (χ2n) is 5.56. The van der Waals surface area contributed by atoms with E-state index in [0.29, 0.717) is 0 Å². The first kappa shape index (κ1) is 12.4. The van der Waals surface area contributed by atoms with Gasteiger partial charge < -0.3 is 5.73 Å². The fourth-order valence-corrected chi connectivity index (χ4v) is 3.10. The number of nitrogens with two attached hydrogens (primary N) is 1. The number of hydrogen-bond donors (Lipinski definition) is 1. The van der Waals surface area contributed by atoms with Gasteiger partial charge in [0.1, 0.15) is 5.82 Å². The molecule has 1 unspecified atom stereocenters. The highest BCUT2D eigenvalue weighted by Crippen LogP contribution is 2.37. The molecule has 3 rings (SSSR count). The van der Waals surface area contributed by atoms with Gasteiger partial charge in [-0.3, -0.25) is 0 Å². The van der Waals surface area contributed by atoms with E-state index in [2.05, 4.69) is 18.2 Å². The fraction of sp³-hybridized carbons (Fsp3) is 0.294. The SMILES string of the molecule is Cc1cc(F)ccc1CC1(N)CCc2ccccc21. The van der Waals surface area contributed by atoms with Crippen molar-refractivity contribution in [3.63, 3.8) is 0 Å². The number of halogens is 1. The van der Waals surface area contributed by atoms with Crippen LogP contribution in [0.4, 0.5) is 4.39 Å². The minimum Gasteiger partial charge on any atom is -0.321 e. The van der Waals surface area contributed by atoms with Crippen LogP contribution in [0.25, 0.3) is 0 Å². The molecule has 0 aromatic heterocycles. The predicted octanol–water partition coefficient (Wildman–Crippen LogP) is 3.48. The van der Waals surface area contributed by atoms with Gasteiger partial charge in [-0.05, 0) is 60.6 Å². The lowest BCUT2D eigenvalue weighted by atomic mass is 9.85. The topological polar surface area (TPSA) is 26.0 Å². The van der Waals surface area contributed by atoms with Crippen molar-refractivity contribution < 1.29 is 4.39 Å². The maximum Gasteiger partial charge on any atom is 0.123 e. The summed E-state index contributed by atoms with van der Waals surface area (Å²) < 4.78 is 13.2. The van der Waals surface area contributed by atoms with Crippen LogP contribution in [0.15, 0.2) is 42.5 Å². The Labute approximate surface area is 113 Å². The lowest BCUT2D eigenvalue weighted by Gasteiger charge is -2.26. The van der Waals surface area contributed by atoms with E-state index in [1.807, 2.05) is 19.1 Å². The second kappa shape index (κ2) is 4.46. The average molecular weight is 255 g/mol. The highest BCUT2D eigenvalue weighted by Gasteiger charge is 2.34. The Hall–Kier alpha value is -1.67. The number of benzene rings is 2. The summed E-state index contributed by atoms with van der Waals surface area (Å²) >= 11 is 0. The van der Waals surface area contributed by atoms with Gasteiger partial charge in [0, 0.05) is 5.54 Å². The molecule has 0 radical (unpaired) electrons. The monoisotopic (exact) mass is 255 g/mol. The Morgan fingerprint density at radius 2 is 2.00 bits per heavy atom. The Balaban J connectivity index is 1.95. The summed E-state index contributed by atoms with van der Waals surface area (Å²) in [5.41, 5.74) is 11.0. The summed E-state index contributed by atoms with van der Waals surface area (Å²) in [7, 11) is 0. The molecule has 0 bridgehead atoms. The van der Waals surface area contributed by atoms with Gasteiger partial charge in [-0.25, -0.2) is 4.39 Å². The van der Waals surface area contributed by atoms with Gasteiger partial charge in [-0.2, -0.15) is 0 Å². The van der Waals surface area contributed by atoms with E-state index in [-0.39, 0.29) is 11.4 Å². The van der Waals surface area contributed by atoms with Crippen molar-refractivity contribution in [2.45, 2.75) is 31.7 Å². The van der Waals surface area contributed by atoms with Gasteiger partial charge in [0.25, 0.3) is 0 Å². The first-order chi connectivity index (χ1) is 9.08. The highest BCUT2D eigenvalue weighted by molar-refractivity contribution is 5.41. The minimum absolute atomic E-state index is 0.181. The predicted molar refractivity (Wildman–Crippen MR) is 75.5 cm³/mol. The summed E-state index contributed by atoms with van der Waals surface area (Å²) in [4.78, 5) is 0. The van der Waals surface area contributed by atoms with Crippen molar-refractivity contribution >= 4 is 0 Å². The molecular weight excluding hydrogens is 237 g/mol. The van der Waals surface area contributed by atoms with Crippen LogP contribution in [0.2, 0.25) is 0 Å². The number of rotatable bonds is 2. The largest absolute Gasteiger partial charge is 0.321 e. The van der Waals surface area contributed by atoms with E-state index in [1.165, 1.54) is 17.2 Å². The van der Waals surface area contributed by atoms with Crippen molar-refractivity contribution in [1.29, 1.82) is 0 Å². The second-order valence-corrected chi connectivity index (χ2v) is 5.56. The quantitative estimate of drug-likeness (QED) is 0.873. The zero-order chi connectivity index (χ0) is 13.5. The molecule has 0 saturated heterocycles. The number of aryl methyl sites for hydroxylation is 2. The van der Waals surface area contributed by atoms with Gasteiger partial charge in [0.15, 0.2) is 0 Å². The molecule has 0 saturated carbocycles. The van der Waals surface area contributed by atoms with Gasteiger partial charge in [0.2, 0.25) is 0 Å². The van der Waals surface area contributed by atoms with Crippen LogP contribution < -0.4 is 5.73 Å². The molecule has 98 valence electrons. The molecule has 2 aromatic carbocycles. The molecule has 0 heterocycles. The summed E-state index contributed by atoms with van der Waals surface area (Å²) in [5, 5.41) is 0. The summed E-state index contributed by atoms with van der Waals surface area (Å²) in [6.07, 6.45) is 2.77. The van der Waals surface area contributed by atoms with E-state index in [9.17, 15) is 4.39 Å². The maximum absolute atomic E-state index is 13.2. The van der Waals surface area contributed by atoms with Gasteiger partial charge in [-0.15, -0.1) is 0 Å². The van der Waals surface area contributed by atoms with Crippen LogP contribution in [0.5, 0.6) is 0 Å². The van der Waals surface area contributed by atoms with Crippen molar-refractivity contribution in [1.82, 2.24) is 0 Å². The molecule has 1 aliphatic carbocycles. The summed E-state index contributed by atoms with van der Waals surface area (Å²) in [6, 6.07) is 13.4. The maximum atomic E-state index is 13.2. The van der Waals surface area contributed by atoms with Gasteiger partial charge >= 0.3 is 0 Å². The highest BCUT2D eigenvalue weighted by atomic mass is 19.1. The molecule has 19 heavy (non-hydrogen) atoms. The number of fused-ring (bicyclic) bond motifs is 1. The van der Waals surface area contributed by atoms with E-state index in [1.54, 1.807) is 6.07 Å². The first-order valence-electron chi connectivity index (χ1n) is 6.71. The minimum atomic E-state index is -0.306. The lowest BCUT2D eigenvalue weighted by molar-refractivity contribution is 0.437. The third-order valence-corrected chi connectivity index (χ3v) is 4.20. The molecule has 1 atom stereocenters. The molecule has 0 spiro atoms. The molecule has 0 aliphatic heterocycles. The van der Waals surface area contributed by atoms with Crippen LogP contribution in [0.1, 0.15) is 28.7 Å². The molecule has 0 amide bonds. The molecule has 2 heteroatoms. The third kappa shape index (κ3) is 2.17. The average Bonchev–Trinajstić information content (AvgIpc) is 2.72. The van der Waals surface area contributed by atoms with Gasteiger partial charge in [-0.1, -0.05) is 30.3 Å². The summed E-state index contributed by atoms with van der Waals surface area (Å²) in [5.74, 6) is -0.181. The van der Waals surface area contributed by atoms with Crippen LogP contribution in [-0.4, -0.2) is 0 Å². The van der Waals surface area contributed by atoms with Crippen LogP contribution >= 0.6 is 0 Å². The van der Waals surface area contributed by atoms with Crippen molar-refractivity contribution in [2.75, 3.05) is 0 Å². The number of hydrogen-bond acceptors (Lipinski definition) is 1. The van der Waals surface area contributed by atoms with E-state index < -0.39 is 0 Å². The standard InChI is InChI=1S/C17H18FN/c1-12-10-15(18)7-6-14(12)11-17(19)9-8-13-4-2-3-5-16(13)17/h2-7,10H,8-9,11,19H2,1H3. The first-order valence-corrected chi connectivity index (χ1v) is 6.71. The third-order valence-electron chi connectivity index (χ3n) is 4.20. The van der Waals surface area contributed by atoms with E-state index >= 15 is 0 Å². The lowest BCUT2D eigenvalue weighted by Crippen LogP contribution is -2.36. The molecule has 2 aromatic rings. The zero-order valence-electron chi connectivity index (χ0n) is 11.1. The Morgan fingerprint density at radius 1 is 1.21 bits per heavy atom. The smallest absolute Gasteiger partial charge is 0.123 e. The van der Waals surface area contributed by atoms with E-state index in [0.717, 1.165) is 30.4 Å². The fourth-order valence-electron chi connectivity index (χ4n) is 3.10. The van der Waals surface area contributed by atoms with Crippen LogP contribution in [-0.2, 0) is 18.4 Å². The molecular formula is C17H18FN. The zero-order valence-corrected chi connectivity index (χ0v) is 11.1. The molecule has 0 fully saturated rings. The van der Waals surface area contributed by atoms with Gasteiger partial charge in [0.05, 0.1) is 0 Å². The van der Waals surface area contributed by atoms with Crippen molar-refractivity contribution in [2.24, 2.45) is 5.73 Å². The van der Waals surface area contributed by atoms with E-state index in [4.69, 9.17) is 5.73 Å². The van der Waals surface area contributed by atoms with Crippen LogP contribution in [0.3, 0.4) is 0 Å². The Morgan fingerprint density at radius 3 is 2.79 bits per heavy atom. The van der Waals surface area contributed by atoms with Crippen molar-refractivity contribution in [3.8, 4) is 0 Å². The molecule has 1 nitrogen and oxygen atoms in total. The summed E-state index contributed by atoms with van der Waals surface area (Å²) in [6.45, 7) is 1.95. The molecule has 1 aliphatic rings. The normalized spacial score (nSPS) is 21.4. The van der Waals surface area contributed by atoms with Crippen LogP contribution in [0, 0.1) is 12.7 Å². The Bertz CT molecular complexity index is 620. The van der Waals surface area contributed by atoms with Crippen molar-refractivity contribution in [3.05, 3.63) is 70.5 Å². The molecule has 2 N–H and O–H groups in total. The Kier molecular flexibility index (Phi) is 2.90.